The van der Waals surface area contributed by atoms with Gasteiger partial charge in [0.15, 0.2) is 0 Å². The van der Waals surface area contributed by atoms with Crippen molar-refractivity contribution >= 4 is 23.6 Å². The van der Waals surface area contributed by atoms with Gasteiger partial charge in [0.25, 0.3) is 0 Å². The number of H-pyrrole nitrogens is 1. The molecule has 1 amide bonds. The molecule has 64 valence electrons. The number of aromatic nitrogens is 1. The second-order valence-corrected chi connectivity index (χ2v) is 2.77. The van der Waals surface area contributed by atoms with Crippen LogP contribution in [-0.4, -0.2) is 17.9 Å². The summed E-state index contributed by atoms with van der Waals surface area (Å²) in [4.78, 5) is 14.1. The number of carbonyl (C=O) groups excluding carboxylic acids is 1. The number of benzene rings is 1. The average molecular weight is 173 g/mol. The van der Waals surface area contributed by atoms with Crippen molar-refractivity contribution in [1.29, 1.82) is 0 Å². The van der Waals surface area contributed by atoms with Crippen molar-refractivity contribution in [3.05, 3.63) is 30.0 Å². The Morgan fingerprint density at radius 2 is 2.38 bits per heavy atom. The number of aromatic amines is 1. The third kappa shape index (κ3) is 1.34. The fourth-order valence-electron chi connectivity index (χ4n) is 1.28. The Morgan fingerprint density at radius 3 is 3.15 bits per heavy atom. The van der Waals surface area contributed by atoms with Gasteiger partial charge in [0.1, 0.15) is 0 Å². The first-order valence-corrected chi connectivity index (χ1v) is 3.89. The van der Waals surface area contributed by atoms with Crippen LogP contribution >= 0.6 is 0 Å². The molecule has 0 aliphatic heterocycles. The number of hydrazine groups is 1. The zero-order chi connectivity index (χ0) is 9.26. The number of rotatable bonds is 1. The van der Waals surface area contributed by atoms with Crippen LogP contribution in [0.3, 0.4) is 0 Å². The quantitative estimate of drug-likeness (QED) is 0.325. The first-order valence-electron chi connectivity index (χ1n) is 3.89. The van der Waals surface area contributed by atoms with Gasteiger partial charge in [-0.3, -0.25) is 0 Å². The van der Waals surface area contributed by atoms with E-state index >= 15 is 0 Å². The van der Waals surface area contributed by atoms with Crippen LogP contribution in [0, 0.1) is 0 Å². The van der Waals surface area contributed by atoms with E-state index in [0.29, 0.717) is 5.56 Å². The van der Waals surface area contributed by atoms with Gasteiger partial charge >= 0.3 is 74.5 Å². The maximum atomic E-state index is 11.1. The molecule has 0 spiro atoms. The molecule has 1 heterocycles. The SMILES string of the molecule is NNC(=O)c1ccc2c[nH]bc2c1. The Labute approximate surface area is 75.3 Å². The first kappa shape index (κ1) is 8.00. The van der Waals surface area contributed by atoms with E-state index in [0.717, 1.165) is 10.7 Å². The molecule has 5 heteroatoms. The summed E-state index contributed by atoms with van der Waals surface area (Å²) in [5.74, 6) is 4.74. The molecule has 0 atom stereocenters. The topological polar surface area (TPSA) is 70.9 Å². The number of fused-ring (bicyclic) bond motifs is 1. The zero-order valence-corrected chi connectivity index (χ0v) is 6.87. The summed E-state index contributed by atoms with van der Waals surface area (Å²) in [6.45, 7) is 0. The molecule has 13 heavy (non-hydrogen) atoms. The van der Waals surface area contributed by atoms with Gasteiger partial charge < -0.3 is 0 Å². The minimum atomic E-state index is -0.275. The van der Waals surface area contributed by atoms with Crippen molar-refractivity contribution in [1.82, 2.24) is 10.3 Å². The van der Waals surface area contributed by atoms with Gasteiger partial charge in [-0.15, -0.1) is 0 Å². The average Bonchev–Trinajstić information content (AvgIpc) is 2.63. The van der Waals surface area contributed by atoms with Crippen LogP contribution < -0.4 is 11.3 Å². The predicted octanol–water partition coefficient (Wildman–Crippen LogP) is 0.109. The maximum absolute atomic E-state index is 11.1. The minimum absolute atomic E-state index is 0.275. The van der Waals surface area contributed by atoms with Gasteiger partial charge in [-0.2, -0.15) is 0 Å². The van der Waals surface area contributed by atoms with Crippen molar-refractivity contribution in [2.75, 3.05) is 0 Å². The normalized spacial score (nSPS) is 9.92. The van der Waals surface area contributed by atoms with E-state index < -0.39 is 0 Å². The fraction of sp³-hybridized carbons (Fsp3) is 0. The van der Waals surface area contributed by atoms with Gasteiger partial charge in [0.05, 0.1) is 0 Å². The molecule has 0 saturated carbocycles. The molecular weight excluding hydrogens is 165 g/mol. The number of amides is 1. The molecular formula is C8H8BN3O. The van der Waals surface area contributed by atoms with Crippen LogP contribution in [0.4, 0.5) is 0 Å². The molecule has 1 aromatic carbocycles. The molecule has 0 radical (unpaired) electrons. The standard InChI is InChI=1S/C8H8BN3O/c10-12-8(13)5-1-2-6-4-11-9-7(6)3-5/h1-4,11H,10H2,(H,12,13). The molecule has 0 bridgehead atoms. The Hall–Kier alpha value is -1.62. The Bertz CT molecular complexity index is 451. The molecule has 0 fully saturated rings. The summed E-state index contributed by atoms with van der Waals surface area (Å²) in [5, 5.41) is 2.08. The van der Waals surface area contributed by atoms with Crippen LogP contribution in [0.2, 0.25) is 0 Å². The van der Waals surface area contributed by atoms with E-state index in [1.165, 1.54) is 0 Å². The molecule has 0 aliphatic rings. The van der Waals surface area contributed by atoms with Crippen LogP contribution in [0.1, 0.15) is 10.4 Å². The van der Waals surface area contributed by atoms with E-state index in [9.17, 15) is 4.79 Å². The third-order valence-electron chi connectivity index (χ3n) is 1.96. The molecule has 0 saturated heterocycles. The second kappa shape index (κ2) is 3.03. The predicted molar refractivity (Wildman–Crippen MR) is 51.3 cm³/mol. The Balaban J connectivity index is 2.54. The van der Waals surface area contributed by atoms with Crippen molar-refractivity contribution in [3.8, 4) is 0 Å². The van der Waals surface area contributed by atoms with E-state index in [4.69, 9.17) is 5.84 Å². The number of carbonyl (C=O) groups is 1. The number of hydrogen-bond acceptors (Lipinski definition) is 2. The van der Waals surface area contributed by atoms with Crippen molar-refractivity contribution < 1.29 is 4.79 Å². The molecule has 2 aromatic rings. The Kier molecular flexibility index (Phi) is 1.86. The van der Waals surface area contributed by atoms with E-state index in [1.54, 1.807) is 12.1 Å². The second-order valence-electron chi connectivity index (χ2n) is 2.77. The van der Waals surface area contributed by atoms with Gasteiger partial charge in [-0.05, 0) is 0 Å². The number of nitrogens with two attached hydrogens (primary N) is 1. The first-order chi connectivity index (χ1) is 6.31. The third-order valence-corrected chi connectivity index (χ3v) is 1.96. The summed E-state index contributed by atoms with van der Waals surface area (Å²) in [5.41, 5.74) is 2.65. The van der Waals surface area contributed by atoms with Crippen molar-refractivity contribution in [3.63, 3.8) is 0 Å². The van der Waals surface area contributed by atoms with Gasteiger partial charge in [0.2, 0.25) is 0 Å². The number of nitrogens with one attached hydrogen (secondary N) is 2. The molecule has 4 N–H and O–H groups in total. The van der Waals surface area contributed by atoms with Crippen LogP contribution in [0.15, 0.2) is 24.4 Å². The summed E-state index contributed by atoms with van der Waals surface area (Å²) in [6.07, 6.45) is 1.87. The van der Waals surface area contributed by atoms with Crippen LogP contribution in [-0.2, 0) is 0 Å². The summed E-state index contributed by atoms with van der Waals surface area (Å²) in [6, 6.07) is 5.39. The van der Waals surface area contributed by atoms with Gasteiger partial charge in [-0.25, -0.2) is 0 Å². The van der Waals surface area contributed by atoms with Crippen molar-refractivity contribution in [2.45, 2.75) is 0 Å². The van der Waals surface area contributed by atoms with E-state index in [2.05, 4.69) is 10.3 Å². The van der Waals surface area contributed by atoms with Gasteiger partial charge in [0, 0.05) is 0 Å². The fourth-order valence-corrected chi connectivity index (χ4v) is 1.28. The summed E-state index contributed by atoms with van der Waals surface area (Å²) in [7, 11) is 1.84. The van der Waals surface area contributed by atoms with E-state index in [-0.39, 0.29) is 5.91 Å². The molecule has 0 unspecified atom stereocenters. The number of hydrogen-bond donors (Lipinski definition) is 3. The monoisotopic (exact) mass is 173 g/mol. The molecule has 1 aromatic heterocycles. The molecule has 4 nitrogen and oxygen atoms in total. The molecule has 0 aliphatic carbocycles. The Morgan fingerprint density at radius 1 is 1.54 bits per heavy atom. The summed E-state index contributed by atoms with van der Waals surface area (Å²) < 4.78 is 0. The van der Waals surface area contributed by atoms with Crippen molar-refractivity contribution in [2.24, 2.45) is 5.84 Å². The number of nitrogen functional groups attached to an aromatic ring is 1. The molecule has 2 rings (SSSR count). The van der Waals surface area contributed by atoms with E-state index in [1.807, 2.05) is 19.3 Å². The zero-order valence-electron chi connectivity index (χ0n) is 6.87. The van der Waals surface area contributed by atoms with Crippen LogP contribution in [0.5, 0.6) is 0 Å². The van der Waals surface area contributed by atoms with Gasteiger partial charge in [-0.1, -0.05) is 0 Å². The van der Waals surface area contributed by atoms with Crippen LogP contribution in [0.25, 0.3) is 10.7 Å². The summed E-state index contributed by atoms with van der Waals surface area (Å²) >= 11 is 0.